The molecular formula is C20H25Cl2N3OS. The maximum absolute atomic E-state index is 12.8. The van der Waals surface area contributed by atoms with Gasteiger partial charge < -0.3 is 9.80 Å². The summed E-state index contributed by atoms with van der Waals surface area (Å²) in [5, 5.41) is 1.64. The highest BCUT2D eigenvalue weighted by atomic mass is 35.5. The second kappa shape index (κ2) is 8.91. The Morgan fingerprint density at radius 1 is 1.22 bits per heavy atom. The van der Waals surface area contributed by atoms with Gasteiger partial charge in [-0.05, 0) is 38.4 Å². The Morgan fingerprint density at radius 3 is 2.70 bits per heavy atom. The van der Waals surface area contributed by atoms with E-state index in [2.05, 4.69) is 9.88 Å². The van der Waals surface area contributed by atoms with E-state index in [-0.39, 0.29) is 30.3 Å². The Labute approximate surface area is 175 Å². The Bertz CT molecular complexity index is 791. The number of halogens is 2. The van der Waals surface area contributed by atoms with Crippen LogP contribution in [0.2, 0.25) is 5.02 Å². The van der Waals surface area contributed by atoms with E-state index in [1.165, 1.54) is 19.3 Å². The zero-order valence-electron chi connectivity index (χ0n) is 15.4. The number of piperidine rings is 1. The lowest BCUT2D eigenvalue weighted by molar-refractivity contribution is -0.131. The van der Waals surface area contributed by atoms with Crippen LogP contribution in [0, 0.1) is 5.92 Å². The lowest BCUT2D eigenvalue weighted by atomic mass is 10.0. The predicted octanol–water partition coefficient (Wildman–Crippen LogP) is 4.89. The summed E-state index contributed by atoms with van der Waals surface area (Å²) in [6.45, 7) is 3.17. The number of rotatable bonds is 4. The van der Waals surface area contributed by atoms with Crippen LogP contribution in [0.3, 0.4) is 0 Å². The summed E-state index contributed by atoms with van der Waals surface area (Å²) in [5.41, 5.74) is 0.960. The van der Waals surface area contributed by atoms with Crippen LogP contribution in [-0.4, -0.2) is 47.4 Å². The van der Waals surface area contributed by atoms with Crippen molar-refractivity contribution in [1.82, 2.24) is 14.8 Å². The summed E-state index contributed by atoms with van der Waals surface area (Å²) in [6, 6.07) is 7.91. The molecule has 2 saturated heterocycles. The molecular weight excluding hydrogens is 401 g/mol. The molecule has 0 unspecified atom stereocenters. The van der Waals surface area contributed by atoms with Crippen molar-refractivity contribution in [2.24, 2.45) is 5.92 Å². The second-order valence-electron chi connectivity index (χ2n) is 7.31. The van der Waals surface area contributed by atoms with Gasteiger partial charge in [-0.15, -0.1) is 23.7 Å². The van der Waals surface area contributed by atoms with Crippen LogP contribution < -0.4 is 0 Å². The molecule has 3 heterocycles. The van der Waals surface area contributed by atoms with E-state index in [0.29, 0.717) is 5.02 Å². The highest BCUT2D eigenvalue weighted by Gasteiger charge is 2.39. The quantitative estimate of drug-likeness (QED) is 0.699. The molecule has 1 aromatic carbocycles. The highest BCUT2D eigenvalue weighted by Crippen LogP contribution is 2.41. The fraction of sp³-hybridized carbons (Fsp3) is 0.500. The molecule has 146 valence electrons. The van der Waals surface area contributed by atoms with Crippen molar-refractivity contribution < 1.29 is 4.79 Å². The van der Waals surface area contributed by atoms with Gasteiger partial charge in [0.1, 0.15) is 5.01 Å². The van der Waals surface area contributed by atoms with Crippen molar-refractivity contribution in [1.29, 1.82) is 0 Å². The van der Waals surface area contributed by atoms with E-state index in [1.807, 2.05) is 42.4 Å². The number of carbonyl (C=O) groups excluding carboxylic acids is 1. The molecule has 27 heavy (non-hydrogen) atoms. The number of carbonyl (C=O) groups is 1. The number of hydrogen-bond acceptors (Lipinski definition) is 4. The van der Waals surface area contributed by atoms with E-state index >= 15 is 0 Å². The number of hydrogen-bond donors (Lipinski definition) is 0. The van der Waals surface area contributed by atoms with Crippen LogP contribution in [0.4, 0.5) is 0 Å². The normalized spacial score (nSPS) is 23.5. The summed E-state index contributed by atoms with van der Waals surface area (Å²) in [4.78, 5) is 22.9. The van der Waals surface area contributed by atoms with Gasteiger partial charge in [-0.25, -0.2) is 4.98 Å². The van der Waals surface area contributed by atoms with Gasteiger partial charge in [0.25, 0.3) is 0 Å². The van der Waals surface area contributed by atoms with Crippen LogP contribution in [0.1, 0.15) is 36.6 Å². The van der Waals surface area contributed by atoms with Crippen molar-refractivity contribution in [3.8, 4) is 10.6 Å². The van der Waals surface area contributed by atoms with E-state index < -0.39 is 0 Å². The van der Waals surface area contributed by atoms with Gasteiger partial charge in [0.15, 0.2) is 0 Å². The minimum Gasteiger partial charge on any atom is -0.338 e. The first-order valence-corrected chi connectivity index (χ1v) is 10.5. The Kier molecular flexibility index (Phi) is 6.79. The Morgan fingerprint density at radius 2 is 1.96 bits per heavy atom. The third kappa shape index (κ3) is 4.32. The third-order valence-corrected chi connectivity index (χ3v) is 7.02. The van der Waals surface area contributed by atoms with E-state index in [4.69, 9.17) is 11.6 Å². The molecule has 0 radical (unpaired) electrons. The molecule has 0 N–H and O–H groups in total. The zero-order chi connectivity index (χ0) is 18.1. The molecule has 0 spiro atoms. The smallest absolute Gasteiger partial charge is 0.227 e. The van der Waals surface area contributed by atoms with Crippen molar-refractivity contribution in [3.05, 3.63) is 40.4 Å². The standard InChI is InChI=1S/C20H24ClN3OS.ClH/c1-23-17(11-14(20(23)25)13-24-9-5-2-6-10-24)18-12-22-19(26-18)15-7-3-4-8-16(15)21;/h3-4,7-8,12,14,17H,2,5-6,9-11,13H2,1H3;1H/t14-,17+;/m0./s1. The van der Waals surface area contributed by atoms with Gasteiger partial charge in [-0.1, -0.05) is 36.2 Å². The molecule has 7 heteroatoms. The van der Waals surface area contributed by atoms with Gasteiger partial charge >= 0.3 is 0 Å². The topological polar surface area (TPSA) is 36.4 Å². The van der Waals surface area contributed by atoms with Crippen molar-refractivity contribution in [2.45, 2.75) is 31.7 Å². The van der Waals surface area contributed by atoms with Crippen LogP contribution in [-0.2, 0) is 4.79 Å². The fourth-order valence-electron chi connectivity index (χ4n) is 4.08. The zero-order valence-corrected chi connectivity index (χ0v) is 17.8. The summed E-state index contributed by atoms with van der Waals surface area (Å²) in [6.07, 6.45) is 6.65. The summed E-state index contributed by atoms with van der Waals surface area (Å²) < 4.78 is 0. The third-order valence-electron chi connectivity index (χ3n) is 5.56. The molecule has 0 bridgehead atoms. The lowest BCUT2D eigenvalue weighted by Crippen LogP contribution is -2.36. The van der Waals surface area contributed by atoms with Crippen LogP contribution >= 0.6 is 35.3 Å². The summed E-state index contributed by atoms with van der Waals surface area (Å²) in [7, 11) is 1.93. The van der Waals surface area contributed by atoms with Crippen LogP contribution in [0.15, 0.2) is 30.5 Å². The lowest BCUT2D eigenvalue weighted by Gasteiger charge is -2.28. The molecule has 2 aliphatic heterocycles. The first kappa shape index (κ1) is 20.6. The average Bonchev–Trinajstić information content (AvgIpc) is 3.24. The molecule has 0 aliphatic carbocycles. The molecule has 1 amide bonds. The molecule has 1 aromatic heterocycles. The van der Waals surface area contributed by atoms with Crippen molar-refractivity contribution >= 4 is 41.3 Å². The minimum absolute atomic E-state index is 0. The number of aromatic nitrogens is 1. The SMILES string of the molecule is CN1C(=O)[C@H](CN2CCCCC2)C[C@@H]1c1cnc(-c2ccccc2Cl)s1.Cl. The van der Waals surface area contributed by atoms with Crippen molar-refractivity contribution in [2.75, 3.05) is 26.7 Å². The van der Waals surface area contributed by atoms with Gasteiger partial charge in [0, 0.05) is 30.2 Å². The number of thiazole rings is 1. The minimum atomic E-state index is 0. The molecule has 2 aliphatic rings. The molecule has 0 saturated carbocycles. The monoisotopic (exact) mass is 425 g/mol. The molecule has 4 nitrogen and oxygen atoms in total. The molecule has 2 fully saturated rings. The maximum atomic E-state index is 12.8. The summed E-state index contributed by atoms with van der Waals surface area (Å²) in [5.74, 6) is 0.377. The first-order chi connectivity index (χ1) is 12.6. The molecule has 2 aromatic rings. The average molecular weight is 426 g/mol. The second-order valence-corrected chi connectivity index (χ2v) is 8.78. The van der Waals surface area contributed by atoms with Gasteiger partial charge in [-0.3, -0.25) is 4.79 Å². The molecule has 4 rings (SSSR count). The first-order valence-electron chi connectivity index (χ1n) is 9.33. The van der Waals surface area contributed by atoms with E-state index in [0.717, 1.165) is 41.5 Å². The van der Waals surface area contributed by atoms with E-state index in [1.54, 1.807) is 11.3 Å². The largest absolute Gasteiger partial charge is 0.338 e. The number of likely N-dealkylation sites (tertiary alicyclic amines) is 2. The fourth-order valence-corrected chi connectivity index (χ4v) is 5.48. The Hall–Kier alpha value is -1.14. The Balaban J connectivity index is 0.00000210. The predicted molar refractivity (Wildman–Crippen MR) is 114 cm³/mol. The number of nitrogens with zero attached hydrogens (tertiary/aromatic N) is 3. The number of benzene rings is 1. The van der Waals surface area contributed by atoms with Gasteiger partial charge in [0.2, 0.25) is 5.91 Å². The van der Waals surface area contributed by atoms with Gasteiger partial charge in [0.05, 0.1) is 17.0 Å². The number of amides is 1. The van der Waals surface area contributed by atoms with E-state index in [9.17, 15) is 4.79 Å². The maximum Gasteiger partial charge on any atom is 0.227 e. The van der Waals surface area contributed by atoms with Crippen LogP contribution in [0.25, 0.3) is 10.6 Å². The van der Waals surface area contributed by atoms with Crippen LogP contribution in [0.5, 0.6) is 0 Å². The van der Waals surface area contributed by atoms with Crippen molar-refractivity contribution in [3.63, 3.8) is 0 Å². The highest BCUT2D eigenvalue weighted by molar-refractivity contribution is 7.15. The molecule has 2 atom stereocenters. The van der Waals surface area contributed by atoms with Gasteiger partial charge in [-0.2, -0.15) is 0 Å². The summed E-state index contributed by atoms with van der Waals surface area (Å²) >= 11 is 7.96.